The average Bonchev–Trinajstić information content (AvgIpc) is 3.18. The molecule has 0 saturated carbocycles. The molecule has 1 N–H and O–H groups in total. The fourth-order valence-electron chi connectivity index (χ4n) is 2.18. The van der Waals surface area contributed by atoms with Crippen molar-refractivity contribution in [3.8, 4) is 0 Å². The van der Waals surface area contributed by atoms with E-state index in [1.54, 1.807) is 38.4 Å². The quantitative estimate of drug-likeness (QED) is 0.564. The average molecular weight is 369 g/mol. The Balaban J connectivity index is 2.11. The zero-order chi connectivity index (χ0) is 18.2. The number of hydrazone groups is 1. The molecule has 1 atom stereocenters. The van der Waals surface area contributed by atoms with Gasteiger partial charge < -0.3 is 14.5 Å². The second-order valence-electron chi connectivity index (χ2n) is 5.49. The normalized spacial score (nSPS) is 15.0. The molecule has 0 aliphatic heterocycles. The van der Waals surface area contributed by atoms with E-state index in [-0.39, 0.29) is 5.76 Å². The summed E-state index contributed by atoms with van der Waals surface area (Å²) in [6.07, 6.45) is -3.74. The van der Waals surface area contributed by atoms with Crippen molar-refractivity contribution < 1.29 is 22.7 Å². The maximum atomic E-state index is 13.7. The number of aromatic nitrogens is 1. The summed E-state index contributed by atoms with van der Waals surface area (Å²) in [6, 6.07) is 8.98. The Morgan fingerprint density at radius 2 is 1.92 bits per heavy atom. The highest BCUT2D eigenvalue weighted by Gasteiger charge is 2.60. The van der Waals surface area contributed by atoms with Crippen LogP contribution in [0.3, 0.4) is 0 Å². The Hall–Kier alpha value is -2.39. The summed E-state index contributed by atoms with van der Waals surface area (Å²) in [7, 11) is 3.32. The van der Waals surface area contributed by atoms with E-state index in [2.05, 4.69) is 10.1 Å². The van der Waals surface area contributed by atoms with E-state index < -0.39 is 22.5 Å². The number of para-hydroxylation sites is 1. The first-order valence-corrected chi connectivity index (χ1v) is 8.00. The summed E-state index contributed by atoms with van der Waals surface area (Å²) in [6.45, 7) is 0. The molecule has 25 heavy (non-hydrogen) atoms. The predicted molar refractivity (Wildman–Crippen MR) is 88.7 cm³/mol. The zero-order valence-corrected chi connectivity index (χ0v) is 14.1. The fraction of sp³-hybridized carbons (Fsp3) is 0.250. The summed E-state index contributed by atoms with van der Waals surface area (Å²) in [5.41, 5.74) is -2.95. The molecule has 2 heterocycles. The van der Waals surface area contributed by atoms with Gasteiger partial charge in [-0.3, -0.25) is 0 Å². The number of thiazole rings is 1. The molecule has 3 aromatic rings. The van der Waals surface area contributed by atoms with Crippen LogP contribution in [0.15, 0.2) is 45.9 Å². The van der Waals surface area contributed by atoms with E-state index in [4.69, 9.17) is 4.42 Å². The first kappa shape index (κ1) is 17.4. The van der Waals surface area contributed by atoms with Gasteiger partial charge in [0.2, 0.25) is 0 Å². The van der Waals surface area contributed by atoms with Gasteiger partial charge in [-0.1, -0.05) is 12.1 Å². The van der Waals surface area contributed by atoms with Crippen LogP contribution in [0.2, 0.25) is 0 Å². The number of rotatable bonds is 4. The molecule has 5 nitrogen and oxygen atoms in total. The molecule has 0 aliphatic rings. The number of alkyl halides is 3. The van der Waals surface area contributed by atoms with Crippen LogP contribution >= 0.6 is 11.3 Å². The first-order chi connectivity index (χ1) is 11.7. The van der Waals surface area contributed by atoms with Crippen LogP contribution in [0.5, 0.6) is 0 Å². The highest BCUT2D eigenvalue weighted by atomic mass is 32.1. The number of hydrogen-bond acceptors (Lipinski definition) is 6. The summed E-state index contributed by atoms with van der Waals surface area (Å²) in [5.74, 6) is -0.563. The summed E-state index contributed by atoms with van der Waals surface area (Å²) in [5, 5.41) is 15.4. The van der Waals surface area contributed by atoms with Gasteiger partial charge in [0.15, 0.2) is 5.76 Å². The topological polar surface area (TPSA) is 61.9 Å². The van der Waals surface area contributed by atoms with E-state index in [9.17, 15) is 18.3 Å². The van der Waals surface area contributed by atoms with Gasteiger partial charge in [0.05, 0.1) is 16.4 Å². The van der Waals surface area contributed by atoms with E-state index in [1.807, 2.05) is 0 Å². The molecule has 1 unspecified atom stereocenters. The van der Waals surface area contributed by atoms with Gasteiger partial charge in [-0.25, -0.2) is 4.98 Å². The lowest BCUT2D eigenvalue weighted by Gasteiger charge is -2.26. The van der Waals surface area contributed by atoms with Crippen molar-refractivity contribution in [2.45, 2.75) is 11.8 Å². The van der Waals surface area contributed by atoms with Crippen molar-refractivity contribution in [2.24, 2.45) is 5.10 Å². The van der Waals surface area contributed by atoms with E-state index in [0.717, 1.165) is 17.4 Å². The number of nitrogens with zero attached hydrogens (tertiary/aromatic N) is 3. The van der Waals surface area contributed by atoms with Crippen molar-refractivity contribution in [3.05, 3.63) is 52.9 Å². The molecule has 9 heteroatoms. The highest BCUT2D eigenvalue weighted by molar-refractivity contribution is 7.18. The van der Waals surface area contributed by atoms with Crippen LogP contribution in [0.25, 0.3) is 10.2 Å². The standard InChI is InChI=1S/C16H14F3N3O2S/c1-22(2)20-9-10-7-8-13(24-10)15(23,16(17,18)19)14-21-11-5-3-4-6-12(11)25-14/h3-9,23H,1-2H3/b20-9+. The third-order valence-electron chi connectivity index (χ3n) is 3.41. The van der Waals surface area contributed by atoms with Crippen LogP contribution in [0.4, 0.5) is 13.2 Å². The smallest absolute Gasteiger partial charge is 0.431 e. The lowest BCUT2D eigenvalue weighted by Crippen LogP contribution is -2.43. The van der Waals surface area contributed by atoms with Crippen LogP contribution in [-0.2, 0) is 5.60 Å². The largest absolute Gasteiger partial charge is 0.456 e. The summed E-state index contributed by atoms with van der Waals surface area (Å²) < 4.78 is 47.0. The minimum absolute atomic E-state index is 0.0903. The van der Waals surface area contributed by atoms with Crippen LogP contribution in [-0.4, -0.2) is 41.6 Å². The molecule has 3 rings (SSSR count). The Morgan fingerprint density at radius 3 is 2.56 bits per heavy atom. The lowest BCUT2D eigenvalue weighted by molar-refractivity contribution is -0.254. The molecule has 1 aromatic carbocycles. The Kier molecular flexibility index (Phi) is 4.29. The summed E-state index contributed by atoms with van der Waals surface area (Å²) >= 11 is 0.770. The molecule has 0 saturated heterocycles. The van der Waals surface area contributed by atoms with Crippen LogP contribution in [0.1, 0.15) is 16.5 Å². The monoisotopic (exact) mass is 369 g/mol. The Bertz CT molecular complexity index is 884. The third kappa shape index (κ3) is 3.12. The molecule has 0 aliphatic carbocycles. The van der Waals surface area contributed by atoms with Crippen molar-refractivity contribution in [2.75, 3.05) is 14.1 Å². The molecule has 0 bridgehead atoms. The van der Waals surface area contributed by atoms with Crippen LogP contribution < -0.4 is 0 Å². The molecule has 0 fully saturated rings. The van der Waals surface area contributed by atoms with Crippen molar-refractivity contribution in [1.29, 1.82) is 0 Å². The van der Waals surface area contributed by atoms with Crippen LogP contribution in [0, 0.1) is 0 Å². The number of hydrogen-bond donors (Lipinski definition) is 1. The molecule has 0 spiro atoms. The van der Waals surface area contributed by atoms with Gasteiger partial charge in [0.25, 0.3) is 5.60 Å². The maximum Gasteiger partial charge on any atom is 0.431 e. The van der Waals surface area contributed by atoms with Gasteiger partial charge in [-0.2, -0.15) is 18.3 Å². The summed E-state index contributed by atoms with van der Waals surface area (Å²) in [4.78, 5) is 3.96. The number of aliphatic hydroxyl groups is 1. The van der Waals surface area contributed by atoms with Crippen molar-refractivity contribution in [1.82, 2.24) is 9.99 Å². The molecular formula is C16H14F3N3O2S. The second kappa shape index (κ2) is 6.16. The fourth-order valence-corrected chi connectivity index (χ4v) is 3.26. The van der Waals surface area contributed by atoms with E-state index >= 15 is 0 Å². The van der Waals surface area contributed by atoms with E-state index in [1.165, 1.54) is 17.3 Å². The number of fused-ring (bicyclic) bond motifs is 1. The van der Waals surface area contributed by atoms with E-state index in [0.29, 0.717) is 10.2 Å². The molecule has 2 aromatic heterocycles. The highest BCUT2D eigenvalue weighted by Crippen LogP contribution is 2.46. The van der Waals surface area contributed by atoms with Gasteiger partial charge in [-0.05, 0) is 24.3 Å². The predicted octanol–water partition coefficient (Wildman–Crippen LogP) is 3.58. The number of halogens is 3. The lowest BCUT2D eigenvalue weighted by atomic mass is 10.0. The minimum atomic E-state index is -5.01. The van der Waals surface area contributed by atoms with Gasteiger partial charge in [0, 0.05) is 14.1 Å². The Morgan fingerprint density at radius 1 is 1.20 bits per heavy atom. The number of benzene rings is 1. The molecule has 0 radical (unpaired) electrons. The minimum Gasteiger partial charge on any atom is -0.456 e. The number of furan rings is 1. The van der Waals surface area contributed by atoms with Crippen molar-refractivity contribution >= 4 is 27.8 Å². The Labute approximate surface area is 145 Å². The van der Waals surface area contributed by atoms with Gasteiger partial charge in [0.1, 0.15) is 10.8 Å². The van der Waals surface area contributed by atoms with Gasteiger partial charge >= 0.3 is 6.18 Å². The maximum absolute atomic E-state index is 13.7. The second-order valence-corrected chi connectivity index (χ2v) is 6.52. The SMILES string of the molecule is CN(C)/N=C/c1ccc(C(O)(c2nc3ccccc3s2)C(F)(F)F)o1. The zero-order valence-electron chi connectivity index (χ0n) is 13.3. The van der Waals surface area contributed by atoms with Gasteiger partial charge in [-0.15, -0.1) is 11.3 Å². The molecule has 0 amide bonds. The molecule has 132 valence electrons. The molecular weight excluding hydrogens is 355 g/mol. The third-order valence-corrected chi connectivity index (χ3v) is 4.56. The first-order valence-electron chi connectivity index (χ1n) is 7.18. The van der Waals surface area contributed by atoms with Crippen molar-refractivity contribution in [3.63, 3.8) is 0 Å².